The predicted molar refractivity (Wildman–Crippen MR) is 67.0 cm³/mol. The van der Waals surface area contributed by atoms with Crippen LogP contribution >= 0.6 is 0 Å². The maximum absolute atomic E-state index is 13.1. The third-order valence-corrected chi connectivity index (χ3v) is 3.38. The lowest BCUT2D eigenvalue weighted by Gasteiger charge is -2.13. The lowest BCUT2D eigenvalue weighted by molar-refractivity contribution is -0.141. The second-order valence-electron chi connectivity index (χ2n) is 4.75. The van der Waals surface area contributed by atoms with Gasteiger partial charge in [-0.2, -0.15) is 0 Å². The van der Waals surface area contributed by atoms with Gasteiger partial charge in [-0.3, -0.25) is 9.59 Å². The predicted octanol–water partition coefficient (Wildman–Crippen LogP) is 1.39. The molecular weight excluding hydrogens is 251 g/mol. The third kappa shape index (κ3) is 3.01. The van der Waals surface area contributed by atoms with Gasteiger partial charge in [0.2, 0.25) is 0 Å². The fourth-order valence-corrected chi connectivity index (χ4v) is 2.33. The van der Waals surface area contributed by atoms with Crippen LogP contribution in [0.25, 0.3) is 0 Å². The Morgan fingerprint density at radius 3 is 2.74 bits per heavy atom. The fraction of sp³-hybridized carbons (Fsp3) is 0.385. The van der Waals surface area contributed by atoms with E-state index < -0.39 is 23.6 Å². The molecule has 1 aliphatic rings. The van der Waals surface area contributed by atoms with Crippen molar-refractivity contribution in [2.24, 2.45) is 5.92 Å². The van der Waals surface area contributed by atoms with Crippen LogP contribution in [-0.2, 0) is 4.79 Å². The van der Waals surface area contributed by atoms with Crippen LogP contribution in [0.4, 0.5) is 10.1 Å². The minimum absolute atomic E-state index is 0.0822. The number of benzene rings is 1. The molecule has 1 fully saturated rings. The molecule has 6 heteroatoms. The molecule has 1 aliphatic carbocycles. The van der Waals surface area contributed by atoms with Crippen molar-refractivity contribution in [1.82, 2.24) is 5.32 Å². The quantitative estimate of drug-likeness (QED) is 0.721. The van der Waals surface area contributed by atoms with E-state index >= 15 is 0 Å². The van der Waals surface area contributed by atoms with Crippen LogP contribution in [0.5, 0.6) is 0 Å². The number of carboxylic acids is 1. The summed E-state index contributed by atoms with van der Waals surface area (Å²) in [6, 6.07) is 3.39. The zero-order chi connectivity index (χ0) is 14.0. The molecule has 2 rings (SSSR count). The maximum Gasteiger partial charge on any atom is 0.306 e. The molecule has 0 heterocycles. The highest BCUT2D eigenvalue weighted by Gasteiger charge is 2.30. The van der Waals surface area contributed by atoms with Gasteiger partial charge >= 0.3 is 5.97 Å². The molecule has 0 saturated heterocycles. The van der Waals surface area contributed by atoms with Crippen molar-refractivity contribution in [3.05, 3.63) is 29.6 Å². The van der Waals surface area contributed by atoms with Gasteiger partial charge in [0.05, 0.1) is 11.5 Å². The van der Waals surface area contributed by atoms with E-state index in [0.29, 0.717) is 19.3 Å². The normalized spacial score (nSPS) is 22.2. The molecule has 0 aromatic heterocycles. The summed E-state index contributed by atoms with van der Waals surface area (Å²) in [5.74, 6) is -2.26. The van der Waals surface area contributed by atoms with Gasteiger partial charge in [0.1, 0.15) is 5.82 Å². The Morgan fingerprint density at radius 1 is 1.37 bits per heavy atom. The Kier molecular flexibility index (Phi) is 3.69. The second-order valence-corrected chi connectivity index (χ2v) is 4.75. The Morgan fingerprint density at radius 2 is 2.11 bits per heavy atom. The molecule has 1 aromatic rings. The van der Waals surface area contributed by atoms with E-state index in [9.17, 15) is 14.0 Å². The van der Waals surface area contributed by atoms with Crippen molar-refractivity contribution < 1.29 is 19.1 Å². The van der Waals surface area contributed by atoms with E-state index in [1.807, 2.05) is 0 Å². The first-order chi connectivity index (χ1) is 8.97. The van der Waals surface area contributed by atoms with Crippen molar-refractivity contribution in [1.29, 1.82) is 0 Å². The van der Waals surface area contributed by atoms with Gasteiger partial charge in [0.25, 0.3) is 5.91 Å². The first kappa shape index (κ1) is 13.3. The minimum Gasteiger partial charge on any atom is -0.481 e. The summed E-state index contributed by atoms with van der Waals surface area (Å²) in [4.78, 5) is 22.8. The van der Waals surface area contributed by atoms with Gasteiger partial charge in [-0.15, -0.1) is 0 Å². The number of halogens is 1. The molecule has 4 N–H and O–H groups in total. The van der Waals surface area contributed by atoms with Crippen molar-refractivity contribution in [3.63, 3.8) is 0 Å². The van der Waals surface area contributed by atoms with Gasteiger partial charge in [0.15, 0.2) is 0 Å². The molecule has 0 aliphatic heterocycles. The standard InChI is InChI=1S/C13H15FN2O3/c14-8-2-4-11(15)10(6-8)12(17)16-9-3-1-7(5-9)13(18)19/h2,4,6-7,9H,1,3,5,15H2,(H,16,17)(H,18,19)/t7-,9+/m1/s1. The summed E-state index contributed by atoms with van der Waals surface area (Å²) in [5, 5.41) is 11.6. The van der Waals surface area contributed by atoms with Crippen LogP contribution in [0.1, 0.15) is 29.6 Å². The number of carbonyl (C=O) groups is 2. The number of anilines is 1. The maximum atomic E-state index is 13.1. The first-order valence-electron chi connectivity index (χ1n) is 6.06. The van der Waals surface area contributed by atoms with Gasteiger partial charge in [-0.25, -0.2) is 4.39 Å². The Labute approximate surface area is 109 Å². The van der Waals surface area contributed by atoms with E-state index in [1.54, 1.807) is 0 Å². The van der Waals surface area contributed by atoms with E-state index in [2.05, 4.69) is 5.32 Å². The number of hydrogen-bond donors (Lipinski definition) is 3. The highest BCUT2D eigenvalue weighted by atomic mass is 19.1. The molecule has 0 bridgehead atoms. The fourth-order valence-electron chi connectivity index (χ4n) is 2.33. The Hall–Kier alpha value is -2.11. The van der Waals surface area contributed by atoms with Crippen molar-refractivity contribution in [3.8, 4) is 0 Å². The number of carboxylic acid groups (broad SMARTS) is 1. The van der Waals surface area contributed by atoms with E-state index in [0.717, 1.165) is 6.07 Å². The number of nitrogen functional groups attached to an aromatic ring is 1. The summed E-state index contributed by atoms with van der Waals surface area (Å²) in [6.07, 6.45) is 1.55. The van der Waals surface area contributed by atoms with Gasteiger partial charge in [0, 0.05) is 11.7 Å². The molecule has 102 valence electrons. The highest BCUT2D eigenvalue weighted by Crippen LogP contribution is 2.26. The summed E-state index contributed by atoms with van der Waals surface area (Å²) in [7, 11) is 0. The molecular formula is C13H15FN2O3. The first-order valence-corrected chi connectivity index (χ1v) is 6.06. The molecule has 1 saturated carbocycles. The van der Waals surface area contributed by atoms with Crippen LogP contribution in [0.2, 0.25) is 0 Å². The van der Waals surface area contributed by atoms with Gasteiger partial charge in [-0.05, 0) is 37.5 Å². The van der Waals surface area contributed by atoms with Crippen LogP contribution in [-0.4, -0.2) is 23.0 Å². The van der Waals surface area contributed by atoms with Gasteiger partial charge < -0.3 is 16.2 Å². The number of amides is 1. The summed E-state index contributed by atoms with van der Waals surface area (Å²) in [5.41, 5.74) is 5.90. The van der Waals surface area contributed by atoms with Crippen LogP contribution in [0.15, 0.2) is 18.2 Å². The molecule has 0 unspecified atom stereocenters. The van der Waals surface area contributed by atoms with Crippen molar-refractivity contribution in [2.75, 3.05) is 5.73 Å². The number of carbonyl (C=O) groups excluding carboxylic acids is 1. The Balaban J connectivity index is 2.02. The minimum atomic E-state index is -0.845. The Bertz CT molecular complexity index is 519. The summed E-state index contributed by atoms with van der Waals surface area (Å²) >= 11 is 0. The average molecular weight is 266 g/mol. The number of nitrogens with two attached hydrogens (primary N) is 1. The zero-order valence-electron chi connectivity index (χ0n) is 10.2. The molecule has 1 amide bonds. The van der Waals surface area contributed by atoms with Crippen molar-refractivity contribution >= 4 is 17.6 Å². The summed E-state index contributed by atoms with van der Waals surface area (Å²) < 4.78 is 13.1. The lowest BCUT2D eigenvalue weighted by Crippen LogP contribution is -2.33. The van der Waals surface area contributed by atoms with Gasteiger partial charge in [-0.1, -0.05) is 0 Å². The SMILES string of the molecule is Nc1ccc(F)cc1C(=O)N[C@H]1CC[C@@H](C(=O)O)C1. The third-order valence-electron chi connectivity index (χ3n) is 3.38. The van der Waals surface area contributed by atoms with Crippen molar-refractivity contribution in [2.45, 2.75) is 25.3 Å². The number of aliphatic carboxylic acids is 1. The topological polar surface area (TPSA) is 92.4 Å². The highest BCUT2D eigenvalue weighted by molar-refractivity contribution is 5.99. The van der Waals surface area contributed by atoms with E-state index in [1.165, 1.54) is 12.1 Å². The molecule has 0 radical (unpaired) electrons. The monoisotopic (exact) mass is 266 g/mol. The van der Waals surface area contributed by atoms with E-state index in [-0.39, 0.29) is 17.3 Å². The smallest absolute Gasteiger partial charge is 0.306 e. The largest absolute Gasteiger partial charge is 0.481 e. The molecule has 2 atom stereocenters. The zero-order valence-corrected chi connectivity index (χ0v) is 10.2. The number of hydrogen-bond acceptors (Lipinski definition) is 3. The molecule has 19 heavy (non-hydrogen) atoms. The lowest BCUT2D eigenvalue weighted by atomic mass is 10.1. The summed E-state index contributed by atoms with van der Waals surface area (Å²) in [6.45, 7) is 0. The van der Waals surface area contributed by atoms with Crippen LogP contribution in [0, 0.1) is 11.7 Å². The second kappa shape index (κ2) is 5.26. The van der Waals surface area contributed by atoms with Crippen LogP contribution in [0.3, 0.4) is 0 Å². The average Bonchev–Trinajstić information content (AvgIpc) is 2.80. The van der Waals surface area contributed by atoms with E-state index in [4.69, 9.17) is 10.8 Å². The molecule has 1 aromatic carbocycles. The number of rotatable bonds is 3. The van der Waals surface area contributed by atoms with Crippen LogP contribution < -0.4 is 11.1 Å². The molecule has 0 spiro atoms. The molecule has 5 nitrogen and oxygen atoms in total. The number of nitrogens with one attached hydrogen (secondary N) is 1.